The molecule has 1 saturated heterocycles. The maximum absolute atomic E-state index is 14.0. The van der Waals surface area contributed by atoms with Crippen LogP contribution < -0.4 is 5.32 Å². The van der Waals surface area contributed by atoms with Crippen LogP contribution in [0.2, 0.25) is 0 Å². The molecule has 1 atom stereocenters. The molecule has 0 bridgehead atoms. The Kier molecular flexibility index (Phi) is 4.13. The molecular weight excluding hydrogens is 383 g/mol. The first-order chi connectivity index (χ1) is 13.3. The number of carbonyl (C=O) groups is 2. The minimum Gasteiger partial charge on any atom is -0.319 e. The topological polar surface area (TPSA) is 49.4 Å². The Hall–Kier alpha value is -2.97. The van der Waals surface area contributed by atoms with Crippen LogP contribution in [0.5, 0.6) is 0 Å². The number of nitrogens with zero attached hydrogens (tertiary/aromatic N) is 1. The van der Waals surface area contributed by atoms with Gasteiger partial charge in [0.1, 0.15) is 5.54 Å². The van der Waals surface area contributed by atoms with Crippen LogP contribution in [0.1, 0.15) is 29.5 Å². The Morgan fingerprint density at radius 3 is 2.21 bits per heavy atom. The fourth-order valence-corrected chi connectivity index (χ4v) is 3.90. The van der Waals surface area contributed by atoms with E-state index in [1.807, 2.05) is 6.07 Å². The standard InChI is InChI=1S/C19H13F5N2O2/c20-12-10(13(21)15(23)16(24)14(12)22)8-26-17(27)19(25-18(26)28)7-3-5-9-4-1-2-6-11(9)19/h1-2,4,6H,3,5,7-8H2,(H,25,28). The van der Waals surface area contributed by atoms with Crippen LogP contribution in [-0.2, 0) is 23.3 Å². The van der Waals surface area contributed by atoms with Crippen LogP contribution >= 0.6 is 0 Å². The average Bonchev–Trinajstić information content (AvgIpc) is 2.93. The minimum absolute atomic E-state index is 0.266. The van der Waals surface area contributed by atoms with E-state index < -0.39 is 58.7 Å². The largest absolute Gasteiger partial charge is 0.325 e. The van der Waals surface area contributed by atoms with E-state index in [4.69, 9.17) is 0 Å². The summed E-state index contributed by atoms with van der Waals surface area (Å²) in [5.74, 6) is -11.5. The Morgan fingerprint density at radius 1 is 0.929 bits per heavy atom. The van der Waals surface area contributed by atoms with Crippen molar-refractivity contribution in [2.24, 2.45) is 0 Å². The molecule has 1 aliphatic heterocycles. The fourth-order valence-electron chi connectivity index (χ4n) is 3.90. The molecule has 2 aromatic rings. The molecule has 1 fully saturated rings. The number of rotatable bonds is 2. The second-order valence-corrected chi connectivity index (χ2v) is 6.79. The summed E-state index contributed by atoms with van der Waals surface area (Å²) in [5, 5.41) is 2.56. The molecule has 2 aliphatic rings. The molecule has 9 heteroatoms. The first-order valence-corrected chi connectivity index (χ1v) is 8.50. The summed E-state index contributed by atoms with van der Waals surface area (Å²) in [6.07, 6.45) is 1.54. The van der Waals surface area contributed by atoms with Crippen molar-refractivity contribution in [3.05, 3.63) is 70.0 Å². The minimum atomic E-state index is -2.30. The summed E-state index contributed by atoms with van der Waals surface area (Å²) in [4.78, 5) is 26.0. The maximum Gasteiger partial charge on any atom is 0.325 e. The molecule has 0 saturated carbocycles. The van der Waals surface area contributed by atoms with Crippen molar-refractivity contribution in [2.45, 2.75) is 31.3 Å². The highest BCUT2D eigenvalue weighted by Crippen LogP contribution is 2.40. The number of hydrogen-bond acceptors (Lipinski definition) is 2. The van der Waals surface area contributed by atoms with Crippen molar-refractivity contribution in [3.8, 4) is 0 Å². The first kappa shape index (κ1) is 18.4. The van der Waals surface area contributed by atoms with Crippen LogP contribution in [0.3, 0.4) is 0 Å². The monoisotopic (exact) mass is 396 g/mol. The van der Waals surface area contributed by atoms with Crippen LogP contribution in [0.15, 0.2) is 24.3 Å². The van der Waals surface area contributed by atoms with Crippen LogP contribution in [0.4, 0.5) is 26.7 Å². The van der Waals surface area contributed by atoms with Crippen molar-refractivity contribution in [2.75, 3.05) is 0 Å². The van der Waals surface area contributed by atoms with Gasteiger partial charge in [0.25, 0.3) is 5.91 Å². The summed E-state index contributed by atoms with van der Waals surface area (Å²) in [5.41, 5.74) is -1.23. The molecule has 1 aliphatic carbocycles. The molecule has 3 amide bonds. The van der Waals surface area contributed by atoms with Gasteiger partial charge in [-0.15, -0.1) is 0 Å². The predicted octanol–water partition coefficient (Wildman–Crippen LogP) is 3.67. The lowest BCUT2D eigenvalue weighted by atomic mass is 9.76. The van der Waals surface area contributed by atoms with Gasteiger partial charge in [-0.25, -0.2) is 26.7 Å². The van der Waals surface area contributed by atoms with Gasteiger partial charge in [0.15, 0.2) is 23.3 Å². The van der Waals surface area contributed by atoms with Crippen molar-refractivity contribution in [3.63, 3.8) is 0 Å². The fraction of sp³-hybridized carbons (Fsp3) is 0.263. The van der Waals surface area contributed by atoms with Crippen LogP contribution in [-0.4, -0.2) is 16.8 Å². The van der Waals surface area contributed by atoms with Gasteiger partial charge in [-0.3, -0.25) is 9.69 Å². The number of aryl methyl sites for hydroxylation is 1. The third kappa shape index (κ3) is 2.42. The normalized spacial score (nSPS) is 21.2. The van der Waals surface area contributed by atoms with E-state index in [9.17, 15) is 31.5 Å². The van der Waals surface area contributed by atoms with Crippen molar-refractivity contribution < 1.29 is 31.5 Å². The molecule has 2 aromatic carbocycles. The molecule has 1 heterocycles. The van der Waals surface area contributed by atoms with E-state index in [0.717, 1.165) is 5.56 Å². The molecule has 0 aromatic heterocycles. The third-order valence-corrected chi connectivity index (χ3v) is 5.27. The summed E-state index contributed by atoms with van der Waals surface area (Å²) in [7, 11) is 0. The average molecular weight is 396 g/mol. The SMILES string of the molecule is O=C1NC2(CCCc3ccccc32)C(=O)N1Cc1c(F)c(F)c(F)c(F)c1F. The van der Waals surface area contributed by atoms with Gasteiger partial charge in [0.05, 0.1) is 6.54 Å². The van der Waals surface area contributed by atoms with Crippen LogP contribution in [0, 0.1) is 29.1 Å². The molecular formula is C19H13F5N2O2. The number of benzene rings is 2. The number of imide groups is 1. The second kappa shape index (κ2) is 6.29. The molecule has 1 unspecified atom stereocenters. The Balaban J connectivity index is 1.75. The molecule has 1 N–H and O–H groups in total. The van der Waals surface area contributed by atoms with Crippen molar-refractivity contribution in [1.82, 2.24) is 10.2 Å². The quantitative estimate of drug-likeness (QED) is 0.365. The lowest BCUT2D eigenvalue weighted by Crippen LogP contribution is -2.46. The summed E-state index contributed by atoms with van der Waals surface area (Å²) < 4.78 is 68.1. The Morgan fingerprint density at radius 2 is 1.54 bits per heavy atom. The van der Waals surface area contributed by atoms with Gasteiger partial charge in [-0.2, -0.15) is 0 Å². The van der Waals surface area contributed by atoms with Gasteiger partial charge < -0.3 is 5.32 Å². The van der Waals surface area contributed by atoms with Crippen molar-refractivity contribution in [1.29, 1.82) is 0 Å². The molecule has 1 spiro atoms. The molecule has 28 heavy (non-hydrogen) atoms. The van der Waals surface area contributed by atoms with Gasteiger partial charge in [-0.05, 0) is 30.4 Å². The number of nitrogens with one attached hydrogen (secondary N) is 1. The highest BCUT2D eigenvalue weighted by molar-refractivity contribution is 6.07. The number of carbonyl (C=O) groups excluding carboxylic acids is 2. The van der Waals surface area contributed by atoms with Gasteiger partial charge >= 0.3 is 6.03 Å². The zero-order valence-electron chi connectivity index (χ0n) is 14.3. The van der Waals surface area contributed by atoms with Gasteiger partial charge in [0, 0.05) is 5.56 Å². The van der Waals surface area contributed by atoms with E-state index in [1.54, 1.807) is 18.2 Å². The summed E-state index contributed by atoms with van der Waals surface area (Å²) in [6, 6.07) is 6.01. The van der Waals surface area contributed by atoms with Gasteiger partial charge in [0.2, 0.25) is 5.82 Å². The number of hydrogen-bond donors (Lipinski definition) is 1. The lowest BCUT2D eigenvalue weighted by Gasteiger charge is -2.33. The molecule has 0 radical (unpaired) electrons. The van der Waals surface area contributed by atoms with E-state index >= 15 is 0 Å². The summed E-state index contributed by atoms with van der Waals surface area (Å²) in [6.45, 7) is -1.07. The van der Waals surface area contributed by atoms with E-state index in [-0.39, 0.29) is 6.42 Å². The van der Waals surface area contributed by atoms with Crippen molar-refractivity contribution >= 4 is 11.9 Å². The second-order valence-electron chi connectivity index (χ2n) is 6.79. The van der Waals surface area contributed by atoms with Crippen LogP contribution in [0.25, 0.3) is 0 Å². The Bertz CT molecular complexity index is 997. The number of halogens is 5. The number of amides is 3. The molecule has 4 nitrogen and oxygen atoms in total. The zero-order chi connectivity index (χ0) is 20.2. The van der Waals surface area contributed by atoms with Gasteiger partial charge in [-0.1, -0.05) is 24.3 Å². The Labute approximate surface area is 155 Å². The van der Waals surface area contributed by atoms with E-state index in [2.05, 4.69) is 5.32 Å². The first-order valence-electron chi connectivity index (χ1n) is 8.50. The highest BCUT2D eigenvalue weighted by Gasteiger charge is 2.54. The third-order valence-electron chi connectivity index (χ3n) is 5.27. The molecule has 146 valence electrons. The molecule has 4 rings (SSSR count). The maximum atomic E-state index is 14.0. The smallest absolute Gasteiger partial charge is 0.319 e. The highest BCUT2D eigenvalue weighted by atomic mass is 19.2. The van der Waals surface area contributed by atoms with E-state index in [0.29, 0.717) is 23.3 Å². The zero-order valence-corrected chi connectivity index (χ0v) is 14.3. The number of urea groups is 1. The predicted molar refractivity (Wildman–Crippen MR) is 86.4 cm³/mol. The van der Waals surface area contributed by atoms with E-state index in [1.165, 1.54) is 0 Å². The lowest BCUT2D eigenvalue weighted by molar-refractivity contribution is -0.132. The number of fused-ring (bicyclic) bond motifs is 2. The summed E-state index contributed by atoms with van der Waals surface area (Å²) >= 11 is 0.